The van der Waals surface area contributed by atoms with E-state index in [4.69, 9.17) is 11.6 Å². The van der Waals surface area contributed by atoms with Crippen LogP contribution in [0.1, 0.15) is 5.56 Å². The molecule has 1 nitrogen and oxygen atoms in total. The van der Waals surface area contributed by atoms with Crippen LogP contribution in [-0.2, 0) is 6.54 Å². The first kappa shape index (κ1) is 12.8. The van der Waals surface area contributed by atoms with Gasteiger partial charge in [-0.2, -0.15) is 0 Å². The van der Waals surface area contributed by atoms with Gasteiger partial charge in [-0.3, -0.25) is 0 Å². The van der Waals surface area contributed by atoms with Gasteiger partial charge in [0.1, 0.15) is 5.82 Å². The Hall–Kier alpha value is -1.68. The third-order valence-corrected chi connectivity index (χ3v) is 2.58. The lowest BCUT2D eigenvalue weighted by molar-refractivity contribution is 0.511. The Morgan fingerprint density at radius 2 is 1.83 bits per heavy atom. The van der Waals surface area contributed by atoms with E-state index in [1.165, 1.54) is 24.3 Å². The van der Waals surface area contributed by atoms with E-state index in [0.29, 0.717) is 5.56 Å². The number of rotatable bonds is 3. The highest BCUT2D eigenvalue weighted by molar-refractivity contribution is 6.30. The van der Waals surface area contributed by atoms with Crippen LogP contribution in [0.3, 0.4) is 0 Å². The van der Waals surface area contributed by atoms with Crippen molar-refractivity contribution in [3.63, 3.8) is 0 Å². The molecule has 0 saturated heterocycles. The summed E-state index contributed by atoms with van der Waals surface area (Å²) in [6.07, 6.45) is 0. The van der Waals surface area contributed by atoms with Gasteiger partial charge in [0.2, 0.25) is 0 Å². The molecule has 0 aliphatic rings. The topological polar surface area (TPSA) is 12.0 Å². The van der Waals surface area contributed by atoms with Crippen molar-refractivity contribution < 1.29 is 13.2 Å². The van der Waals surface area contributed by atoms with Crippen molar-refractivity contribution >= 4 is 17.3 Å². The lowest BCUT2D eigenvalue weighted by Gasteiger charge is -2.08. The highest BCUT2D eigenvalue weighted by atomic mass is 35.5. The van der Waals surface area contributed by atoms with E-state index in [0.717, 1.165) is 6.07 Å². The molecule has 0 spiro atoms. The minimum absolute atomic E-state index is 0.0235. The molecule has 2 aromatic rings. The molecule has 1 N–H and O–H groups in total. The molecule has 0 atom stereocenters. The first-order chi connectivity index (χ1) is 8.56. The molecule has 0 unspecified atom stereocenters. The molecule has 0 amide bonds. The molecule has 0 aliphatic heterocycles. The van der Waals surface area contributed by atoms with Gasteiger partial charge in [-0.05, 0) is 35.9 Å². The molecule has 0 aromatic heterocycles. The van der Waals surface area contributed by atoms with Crippen LogP contribution >= 0.6 is 11.6 Å². The van der Waals surface area contributed by atoms with Gasteiger partial charge >= 0.3 is 0 Å². The van der Waals surface area contributed by atoms with Crippen molar-refractivity contribution in [2.75, 3.05) is 5.32 Å². The van der Waals surface area contributed by atoms with Crippen molar-refractivity contribution in [2.24, 2.45) is 0 Å². The molecule has 5 heteroatoms. The molecule has 0 aliphatic carbocycles. The Morgan fingerprint density at radius 1 is 1.06 bits per heavy atom. The second-order valence-corrected chi connectivity index (χ2v) is 4.17. The highest BCUT2D eigenvalue weighted by Crippen LogP contribution is 2.19. The zero-order valence-electron chi connectivity index (χ0n) is 9.18. The minimum Gasteiger partial charge on any atom is -0.379 e. The van der Waals surface area contributed by atoms with Gasteiger partial charge in [-0.15, -0.1) is 0 Å². The Bertz CT molecular complexity index is 552. The Balaban J connectivity index is 2.14. The summed E-state index contributed by atoms with van der Waals surface area (Å²) in [6, 6.07) is 7.82. The van der Waals surface area contributed by atoms with Crippen LogP contribution < -0.4 is 5.32 Å². The van der Waals surface area contributed by atoms with Crippen molar-refractivity contribution in [3.8, 4) is 0 Å². The van der Waals surface area contributed by atoms with Gasteiger partial charge in [0.25, 0.3) is 0 Å². The van der Waals surface area contributed by atoms with Crippen LogP contribution in [0.5, 0.6) is 0 Å². The molecule has 2 rings (SSSR count). The third kappa shape index (κ3) is 2.96. The predicted octanol–water partition coefficient (Wildman–Crippen LogP) is 4.37. The van der Waals surface area contributed by atoms with E-state index in [1.807, 2.05) is 0 Å². The van der Waals surface area contributed by atoms with Crippen LogP contribution in [-0.4, -0.2) is 0 Å². The van der Waals surface area contributed by atoms with Crippen LogP contribution in [0, 0.1) is 17.5 Å². The minimum atomic E-state index is -0.958. The number of anilines is 1. The molecule has 94 valence electrons. The number of benzene rings is 2. The first-order valence-electron chi connectivity index (χ1n) is 5.19. The van der Waals surface area contributed by atoms with Crippen molar-refractivity contribution in [1.82, 2.24) is 0 Å². The number of hydrogen-bond donors (Lipinski definition) is 1. The zero-order valence-corrected chi connectivity index (χ0v) is 9.94. The summed E-state index contributed by atoms with van der Waals surface area (Å²) in [4.78, 5) is 0. The van der Waals surface area contributed by atoms with Crippen molar-refractivity contribution in [2.45, 2.75) is 6.54 Å². The molecule has 0 saturated carbocycles. The van der Waals surface area contributed by atoms with Crippen LogP contribution in [0.15, 0.2) is 36.4 Å². The monoisotopic (exact) mass is 271 g/mol. The lowest BCUT2D eigenvalue weighted by atomic mass is 10.2. The molecule has 0 radical (unpaired) electrons. The summed E-state index contributed by atoms with van der Waals surface area (Å²) >= 11 is 5.69. The second-order valence-electron chi connectivity index (χ2n) is 3.73. The normalized spacial score (nSPS) is 10.4. The molecular formula is C13H9ClF3N. The summed E-state index contributed by atoms with van der Waals surface area (Å²) in [7, 11) is 0. The lowest BCUT2D eigenvalue weighted by Crippen LogP contribution is -2.03. The van der Waals surface area contributed by atoms with E-state index < -0.39 is 17.5 Å². The number of hydrogen-bond acceptors (Lipinski definition) is 1. The summed E-state index contributed by atoms with van der Waals surface area (Å²) < 4.78 is 39.3. The summed E-state index contributed by atoms with van der Waals surface area (Å²) in [5.74, 6) is -2.36. The van der Waals surface area contributed by atoms with Gasteiger partial charge in [0.15, 0.2) is 11.6 Å². The second kappa shape index (κ2) is 5.31. The maximum Gasteiger partial charge on any atom is 0.181 e. The molecular weight excluding hydrogens is 263 g/mol. The maximum atomic E-state index is 13.3. The smallest absolute Gasteiger partial charge is 0.181 e. The van der Waals surface area contributed by atoms with Crippen LogP contribution in [0.25, 0.3) is 0 Å². The summed E-state index contributed by atoms with van der Waals surface area (Å²) in [5, 5.41) is 2.94. The maximum absolute atomic E-state index is 13.3. The van der Waals surface area contributed by atoms with Crippen molar-refractivity contribution in [1.29, 1.82) is 0 Å². The average Bonchev–Trinajstić information content (AvgIpc) is 2.30. The van der Waals surface area contributed by atoms with Crippen LogP contribution in [0.2, 0.25) is 5.02 Å². The van der Waals surface area contributed by atoms with Gasteiger partial charge in [0.05, 0.1) is 5.69 Å². The van der Waals surface area contributed by atoms with E-state index >= 15 is 0 Å². The zero-order chi connectivity index (χ0) is 13.1. The Morgan fingerprint density at radius 3 is 2.56 bits per heavy atom. The van der Waals surface area contributed by atoms with Gasteiger partial charge in [0, 0.05) is 11.6 Å². The quantitative estimate of drug-likeness (QED) is 0.874. The highest BCUT2D eigenvalue weighted by Gasteiger charge is 2.07. The Kier molecular flexibility index (Phi) is 3.77. The van der Waals surface area contributed by atoms with Crippen LogP contribution in [0.4, 0.5) is 18.9 Å². The van der Waals surface area contributed by atoms with E-state index in [1.54, 1.807) is 6.07 Å². The molecule has 0 fully saturated rings. The average molecular weight is 272 g/mol. The van der Waals surface area contributed by atoms with E-state index in [2.05, 4.69) is 5.32 Å². The molecule has 2 aromatic carbocycles. The standard InChI is InChI=1S/C13H9ClF3N/c14-9-4-8(5-10(15)6-9)7-18-12-3-1-2-11(16)13(12)17/h1-6,18H,7H2. The fraction of sp³-hybridized carbons (Fsp3) is 0.0769. The summed E-state index contributed by atoms with van der Waals surface area (Å²) in [5.41, 5.74) is 0.569. The number of nitrogens with one attached hydrogen (secondary N) is 1. The largest absolute Gasteiger partial charge is 0.379 e. The van der Waals surface area contributed by atoms with Gasteiger partial charge < -0.3 is 5.32 Å². The van der Waals surface area contributed by atoms with E-state index in [-0.39, 0.29) is 17.3 Å². The third-order valence-electron chi connectivity index (χ3n) is 2.36. The van der Waals surface area contributed by atoms with Crippen molar-refractivity contribution in [3.05, 3.63) is 64.4 Å². The fourth-order valence-electron chi connectivity index (χ4n) is 1.55. The molecule has 0 bridgehead atoms. The van der Waals surface area contributed by atoms with E-state index in [9.17, 15) is 13.2 Å². The SMILES string of the molecule is Fc1cc(Cl)cc(CNc2cccc(F)c2F)c1. The molecule has 0 heterocycles. The first-order valence-corrected chi connectivity index (χ1v) is 5.57. The fourth-order valence-corrected chi connectivity index (χ4v) is 1.80. The predicted molar refractivity (Wildman–Crippen MR) is 65.1 cm³/mol. The molecule has 18 heavy (non-hydrogen) atoms. The number of halogens is 4. The summed E-state index contributed by atoms with van der Waals surface area (Å²) in [6.45, 7) is 0.151. The Labute approximate surface area is 107 Å². The van der Waals surface area contributed by atoms with Gasteiger partial charge in [-0.1, -0.05) is 17.7 Å². The van der Waals surface area contributed by atoms with Gasteiger partial charge in [-0.25, -0.2) is 13.2 Å².